The number of benzene rings is 3. The fraction of sp³-hybridized carbons (Fsp3) is 0.0952. The lowest BCUT2D eigenvalue weighted by molar-refractivity contribution is -0.114. The molecule has 1 amide bonds. The van der Waals surface area contributed by atoms with Crippen molar-refractivity contribution in [2.75, 3.05) is 16.2 Å². The molecule has 28 heavy (non-hydrogen) atoms. The molecule has 5 nitrogen and oxygen atoms in total. The Balaban J connectivity index is 1.72. The van der Waals surface area contributed by atoms with Gasteiger partial charge in [0.25, 0.3) is 10.0 Å². The van der Waals surface area contributed by atoms with Crippen LogP contribution < -0.4 is 9.62 Å². The summed E-state index contributed by atoms with van der Waals surface area (Å²) in [6.07, 6.45) is 0. The number of hydrogen-bond donors (Lipinski definition) is 1. The number of nitrogens with zero attached hydrogens (tertiary/aromatic N) is 1. The van der Waals surface area contributed by atoms with Crippen molar-refractivity contribution in [1.29, 1.82) is 0 Å². The molecule has 3 aromatic carbocycles. The van der Waals surface area contributed by atoms with Crippen LogP contribution in [0.5, 0.6) is 0 Å². The fourth-order valence-corrected chi connectivity index (χ4v) is 5.05. The molecule has 0 aromatic heterocycles. The molecule has 0 saturated heterocycles. The van der Waals surface area contributed by atoms with Crippen molar-refractivity contribution in [2.24, 2.45) is 0 Å². The van der Waals surface area contributed by atoms with Crippen LogP contribution in [0.15, 0.2) is 71.6 Å². The fourth-order valence-electron chi connectivity index (χ4n) is 3.28. The Morgan fingerprint density at radius 1 is 1.00 bits per heavy atom. The zero-order valence-electron chi connectivity index (χ0n) is 15.0. The normalized spacial score (nSPS) is 14.1. The predicted molar refractivity (Wildman–Crippen MR) is 111 cm³/mol. The van der Waals surface area contributed by atoms with Crippen molar-refractivity contribution in [3.05, 3.63) is 77.3 Å². The topological polar surface area (TPSA) is 66.5 Å². The number of hydrogen-bond acceptors (Lipinski definition) is 3. The summed E-state index contributed by atoms with van der Waals surface area (Å²) in [6.45, 7) is 1.62. The maximum Gasteiger partial charge on any atom is 0.265 e. The lowest BCUT2D eigenvalue weighted by Crippen LogP contribution is -2.40. The summed E-state index contributed by atoms with van der Waals surface area (Å²) >= 11 is 5.86. The van der Waals surface area contributed by atoms with Gasteiger partial charge in [0.1, 0.15) is 6.54 Å². The quantitative estimate of drug-likeness (QED) is 0.690. The Bertz CT molecular complexity index is 1170. The summed E-state index contributed by atoms with van der Waals surface area (Å²) in [4.78, 5) is 12.8. The summed E-state index contributed by atoms with van der Waals surface area (Å²) in [5.74, 6) is -0.434. The number of sulfonamides is 1. The number of nitrogens with one attached hydrogen (secondary N) is 1. The third kappa shape index (κ3) is 3.25. The van der Waals surface area contributed by atoms with Crippen molar-refractivity contribution >= 4 is 38.9 Å². The van der Waals surface area contributed by atoms with Crippen molar-refractivity contribution < 1.29 is 13.2 Å². The highest BCUT2D eigenvalue weighted by Gasteiger charge is 2.35. The molecule has 142 valence electrons. The summed E-state index contributed by atoms with van der Waals surface area (Å²) in [5.41, 5.74) is 3.50. The molecule has 0 spiro atoms. The van der Waals surface area contributed by atoms with Crippen LogP contribution in [-0.2, 0) is 14.8 Å². The number of rotatable bonds is 3. The van der Waals surface area contributed by atoms with E-state index in [2.05, 4.69) is 5.32 Å². The van der Waals surface area contributed by atoms with E-state index in [9.17, 15) is 13.2 Å². The highest BCUT2D eigenvalue weighted by Crippen LogP contribution is 2.43. The van der Waals surface area contributed by atoms with Gasteiger partial charge in [0.15, 0.2) is 0 Å². The van der Waals surface area contributed by atoms with Gasteiger partial charge in [0, 0.05) is 21.8 Å². The van der Waals surface area contributed by atoms with Crippen LogP contribution in [-0.4, -0.2) is 20.9 Å². The molecule has 0 atom stereocenters. The lowest BCUT2D eigenvalue weighted by Gasteiger charge is -2.31. The van der Waals surface area contributed by atoms with Crippen molar-refractivity contribution in [2.45, 2.75) is 11.8 Å². The van der Waals surface area contributed by atoms with Gasteiger partial charge >= 0.3 is 0 Å². The molecule has 1 heterocycles. The summed E-state index contributed by atoms with van der Waals surface area (Å²) in [7, 11) is -3.85. The smallest absolute Gasteiger partial charge is 0.265 e. The van der Waals surface area contributed by atoms with Gasteiger partial charge in [-0.1, -0.05) is 41.4 Å². The minimum Gasteiger partial charge on any atom is -0.325 e. The monoisotopic (exact) mass is 412 g/mol. The third-order valence-electron chi connectivity index (χ3n) is 4.58. The molecule has 0 radical (unpaired) electrons. The van der Waals surface area contributed by atoms with E-state index in [4.69, 9.17) is 11.6 Å². The van der Waals surface area contributed by atoms with Crippen LogP contribution in [0.2, 0.25) is 5.02 Å². The minimum absolute atomic E-state index is 0.201. The van der Waals surface area contributed by atoms with Gasteiger partial charge in [-0.3, -0.25) is 9.10 Å². The number of anilines is 2. The van der Waals surface area contributed by atoms with Crippen molar-refractivity contribution in [3.8, 4) is 11.1 Å². The van der Waals surface area contributed by atoms with E-state index >= 15 is 0 Å². The van der Waals surface area contributed by atoms with Gasteiger partial charge < -0.3 is 5.32 Å². The van der Waals surface area contributed by atoms with Gasteiger partial charge in [-0.15, -0.1) is 0 Å². The van der Waals surface area contributed by atoms with Crippen LogP contribution in [0.3, 0.4) is 0 Å². The second kappa shape index (κ2) is 6.96. The molecule has 7 heteroatoms. The van der Waals surface area contributed by atoms with Gasteiger partial charge in [0.2, 0.25) is 5.91 Å². The largest absolute Gasteiger partial charge is 0.325 e. The summed E-state index contributed by atoms with van der Waals surface area (Å²) in [5, 5.41) is 3.27. The molecular formula is C21H17ClN2O3S. The Hall–Kier alpha value is -2.83. The van der Waals surface area contributed by atoms with Crippen LogP contribution >= 0.6 is 11.6 Å². The maximum absolute atomic E-state index is 13.2. The Morgan fingerprint density at radius 3 is 2.46 bits per heavy atom. The van der Waals surface area contributed by atoms with E-state index in [0.29, 0.717) is 22.0 Å². The van der Waals surface area contributed by atoms with E-state index in [1.807, 2.05) is 25.1 Å². The molecule has 4 rings (SSSR count). The number of halogens is 1. The zero-order chi connectivity index (χ0) is 19.9. The predicted octanol–water partition coefficient (Wildman–Crippen LogP) is 4.46. The first-order chi connectivity index (χ1) is 13.4. The second-order valence-corrected chi connectivity index (χ2v) is 8.85. The number of fused-ring (bicyclic) bond motifs is 3. The van der Waals surface area contributed by atoms with Gasteiger partial charge in [-0.05, 0) is 49.4 Å². The molecule has 0 aliphatic carbocycles. The van der Waals surface area contributed by atoms with Crippen LogP contribution in [0.1, 0.15) is 5.56 Å². The Kier molecular flexibility index (Phi) is 4.61. The van der Waals surface area contributed by atoms with Gasteiger partial charge in [-0.25, -0.2) is 8.42 Å². The second-order valence-electron chi connectivity index (χ2n) is 6.58. The Morgan fingerprint density at radius 2 is 1.71 bits per heavy atom. The van der Waals surface area contributed by atoms with E-state index in [1.165, 1.54) is 0 Å². The first-order valence-electron chi connectivity index (χ1n) is 8.64. The van der Waals surface area contributed by atoms with Gasteiger partial charge in [0.05, 0.1) is 10.6 Å². The molecule has 0 unspecified atom stereocenters. The number of carbonyl (C=O) groups excluding carboxylic acids is 1. The molecule has 1 aliphatic rings. The summed E-state index contributed by atoms with van der Waals surface area (Å²) < 4.78 is 27.6. The van der Waals surface area contributed by atoms with Crippen molar-refractivity contribution in [1.82, 2.24) is 0 Å². The molecule has 1 aliphatic heterocycles. The van der Waals surface area contributed by atoms with Gasteiger partial charge in [-0.2, -0.15) is 0 Å². The average molecular weight is 413 g/mol. The first-order valence-corrected chi connectivity index (χ1v) is 10.5. The molecule has 3 aromatic rings. The number of carbonyl (C=O) groups is 1. The molecule has 0 saturated carbocycles. The van der Waals surface area contributed by atoms with Crippen molar-refractivity contribution in [3.63, 3.8) is 0 Å². The van der Waals surface area contributed by atoms with E-state index in [-0.39, 0.29) is 11.4 Å². The summed E-state index contributed by atoms with van der Waals surface area (Å²) in [6, 6.07) is 19.0. The highest BCUT2D eigenvalue weighted by molar-refractivity contribution is 7.93. The Labute approximate surface area is 168 Å². The number of amides is 1. The number of aryl methyl sites for hydroxylation is 1. The molecule has 1 N–H and O–H groups in total. The van der Waals surface area contributed by atoms with Crippen LogP contribution in [0.25, 0.3) is 11.1 Å². The van der Waals surface area contributed by atoms with E-state index in [0.717, 1.165) is 15.4 Å². The maximum atomic E-state index is 13.2. The lowest BCUT2D eigenvalue weighted by atomic mass is 10.0. The SMILES string of the molecule is Cc1ccc2c(c1)-c1ccccc1S(=O)(=O)N2CC(=O)Nc1ccc(Cl)cc1. The molecular weight excluding hydrogens is 396 g/mol. The highest BCUT2D eigenvalue weighted by atomic mass is 35.5. The standard InChI is InChI=1S/C21H17ClN2O3S/c1-14-6-11-19-18(12-14)17-4-2-3-5-20(17)28(26,27)24(19)13-21(25)23-16-9-7-15(22)8-10-16/h2-12H,13H2,1H3,(H,23,25). The van der Waals surface area contributed by atoms with Crippen LogP contribution in [0, 0.1) is 6.92 Å². The van der Waals surface area contributed by atoms with Crippen LogP contribution in [0.4, 0.5) is 11.4 Å². The minimum atomic E-state index is -3.85. The first kappa shape index (κ1) is 18.5. The van der Waals surface area contributed by atoms with E-state index < -0.39 is 15.9 Å². The van der Waals surface area contributed by atoms with E-state index in [1.54, 1.807) is 48.5 Å². The third-order valence-corrected chi connectivity index (χ3v) is 6.65. The molecule has 0 bridgehead atoms. The molecule has 0 fully saturated rings. The zero-order valence-corrected chi connectivity index (χ0v) is 16.6. The average Bonchev–Trinajstić information content (AvgIpc) is 2.67.